The molecule has 1 aromatic heterocycles. The molecule has 120 valence electrons. The lowest BCUT2D eigenvalue weighted by Crippen LogP contribution is -2.36. The highest BCUT2D eigenvalue weighted by molar-refractivity contribution is 6.10. The molecule has 2 aliphatic heterocycles. The molecule has 1 aromatic carbocycles. The summed E-state index contributed by atoms with van der Waals surface area (Å²) in [6, 6.07) is 9.29. The maximum absolute atomic E-state index is 12.5. The van der Waals surface area contributed by atoms with Gasteiger partial charge in [-0.25, -0.2) is 0 Å². The molecule has 4 rings (SSSR count). The molecule has 0 saturated carbocycles. The molecule has 0 saturated heterocycles. The molecule has 1 N–H and O–H groups in total. The molecule has 24 heavy (non-hydrogen) atoms. The predicted octanol–water partition coefficient (Wildman–Crippen LogP) is 2.30. The Labute approximate surface area is 139 Å². The number of pyridine rings is 1. The summed E-state index contributed by atoms with van der Waals surface area (Å²) in [7, 11) is 1.64. The number of rotatable bonds is 3. The van der Waals surface area contributed by atoms with Crippen molar-refractivity contribution in [2.24, 2.45) is 4.99 Å². The smallest absolute Gasteiger partial charge is 0.191 e. The van der Waals surface area contributed by atoms with E-state index in [1.807, 2.05) is 23.1 Å². The van der Waals surface area contributed by atoms with E-state index >= 15 is 0 Å². The number of hydrogen-bond donors (Lipinski definition) is 1. The molecular weight excluding hydrogens is 304 g/mol. The molecule has 6 heteroatoms. The summed E-state index contributed by atoms with van der Waals surface area (Å²) in [5, 5.41) is 3.33. The number of allylic oxidation sites excluding steroid dienone is 1. The first-order valence-electron chi connectivity index (χ1n) is 7.70. The van der Waals surface area contributed by atoms with Crippen LogP contribution < -0.4 is 10.1 Å². The second-order valence-corrected chi connectivity index (χ2v) is 5.53. The van der Waals surface area contributed by atoms with Crippen molar-refractivity contribution in [3.05, 3.63) is 65.7 Å². The highest BCUT2D eigenvalue weighted by Gasteiger charge is 2.30. The number of nitrogens with zero attached hydrogens (tertiary/aromatic N) is 3. The van der Waals surface area contributed by atoms with Crippen molar-refractivity contribution in [2.45, 2.75) is 0 Å². The van der Waals surface area contributed by atoms with Gasteiger partial charge in [-0.3, -0.25) is 14.8 Å². The van der Waals surface area contributed by atoms with Crippen LogP contribution in [0.5, 0.6) is 5.75 Å². The molecular formula is C18H16N4O2. The molecule has 0 bridgehead atoms. The van der Waals surface area contributed by atoms with Gasteiger partial charge in [-0.15, -0.1) is 0 Å². The van der Waals surface area contributed by atoms with E-state index in [0.717, 1.165) is 35.2 Å². The Kier molecular flexibility index (Phi) is 3.49. The maximum atomic E-state index is 12.5. The Morgan fingerprint density at radius 1 is 1.38 bits per heavy atom. The monoisotopic (exact) mass is 320 g/mol. The van der Waals surface area contributed by atoms with E-state index in [2.05, 4.69) is 15.3 Å². The zero-order valence-corrected chi connectivity index (χ0v) is 13.2. The zero-order chi connectivity index (χ0) is 16.5. The Morgan fingerprint density at radius 2 is 2.29 bits per heavy atom. The third kappa shape index (κ3) is 2.42. The van der Waals surface area contributed by atoms with Crippen LogP contribution in [0.25, 0.3) is 0 Å². The number of carbonyl (C=O) groups is 1. The van der Waals surface area contributed by atoms with Gasteiger partial charge in [0.15, 0.2) is 5.78 Å². The number of hydrogen-bond acceptors (Lipinski definition) is 6. The summed E-state index contributed by atoms with van der Waals surface area (Å²) >= 11 is 0. The lowest BCUT2D eigenvalue weighted by atomic mass is 10.1. The van der Waals surface area contributed by atoms with Crippen molar-refractivity contribution >= 4 is 17.3 Å². The Hall–Kier alpha value is -3.15. The molecule has 0 aliphatic carbocycles. The minimum absolute atomic E-state index is 0.0891. The summed E-state index contributed by atoms with van der Waals surface area (Å²) in [5.74, 6) is 2.29. The number of nitrogens with one attached hydrogen (secondary N) is 1. The highest BCUT2D eigenvalue weighted by atomic mass is 16.5. The van der Waals surface area contributed by atoms with Crippen molar-refractivity contribution < 1.29 is 9.53 Å². The van der Waals surface area contributed by atoms with E-state index in [4.69, 9.17) is 4.74 Å². The van der Waals surface area contributed by atoms with E-state index in [0.29, 0.717) is 12.1 Å². The molecule has 2 aromatic rings. The van der Waals surface area contributed by atoms with Crippen LogP contribution in [0.2, 0.25) is 0 Å². The number of fused-ring (bicyclic) bond motifs is 3. The topological polar surface area (TPSA) is 66.8 Å². The number of aromatic nitrogens is 1. The van der Waals surface area contributed by atoms with Gasteiger partial charge in [-0.05, 0) is 30.3 Å². The van der Waals surface area contributed by atoms with Crippen LogP contribution in [-0.4, -0.2) is 41.7 Å². The van der Waals surface area contributed by atoms with Crippen molar-refractivity contribution in [3.63, 3.8) is 0 Å². The van der Waals surface area contributed by atoms with Crippen molar-refractivity contribution in [3.8, 4) is 5.75 Å². The van der Waals surface area contributed by atoms with Crippen LogP contribution in [0.4, 0.5) is 5.69 Å². The average Bonchev–Trinajstić information content (AvgIpc) is 3.12. The van der Waals surface area contributed by atoms with E-state index in [-0.39, 0.29) is 5.78 Å². The normalized spacial score (nSPS) is 17.0. The fourth-order valence-electron chi connectivity index (χ4n) is 2.89. The highest BCUT2D eigenvalue weighted by Crippen LogP contribution is 2.32. The van der Waals surface area contributed by atoms with Gasteiger partial charge in [0.25, 0.3) is 0 Å². The molecule has 6 nitrogen and oxygen atoms in total. The molecule has 0 atom stereocenters. The third-order valence-corrected chi connectivity index (χ3v) is 4.08. The first-order chi connectivity index (χ1) is 11.8. The minimum atomic E-state index is -0.0891. The van der Waals surface area contributed by atoms with Crippen LogP contribution >= 0.6 is 0 Å². The predicted molar refractivity (Wildman–Crippen MR) is 91.4 cm³/mol. The fourth-order valence-corrected chi connectivity index (χ4v) is 2.89. The summed E-state index contributed by atoms with van der Waals surface area (Å²) in [5.41, 5.74) is 2.46. The first-order valence-corrected chi connectivity index (χ1v) is 7.70. The quantitative estimate of drug-likeness (QED) is 0.694. The van der Waals surface area contributed by atoms with Crippen LogP contribution in [0.1, 0.15) is 15.9 Å². The van der Waals surface area contributed by atoms with Gasteiger partial charge in [0.1, 0.15) is 17.4 Å². The first kappa shape index (κ1) is 14.4. The number of benzene rings is 1. The van der Waals surface area contributed by atoms with Crippen LogP contribution in [0.15, 0.2) is 59.6 Å². The van der Waals surface area contributed by atoms with Gasteiger partial charge in [0.05, 0.1) is 19.3 Å². The number of anilines is 1. The number of ether oxygens (including phenoxy) is 1. The second-order valence-electron chi connectivity index (χ2n) is 5.53. The van der Waals surface area contributed by atoms with Crippen molar-refractivity contribution in [2.75, 3.05) is 25.5 Å². The van der Waals surface area contributed by atoms with Crippen molar-refractivity contribution in [1.29, 1.82) is 0 Å². The van der Waals surface area contributed by atoms with E-state index < -0.39 is 0 Å². The summed E-state index contributed by atoms with van der Waals surface area (Å²) in [6.45, 7) is 1.44. The van der Waals surface area contributed by atoms with Gasteiger partial charge in [-0.1, -0.05) is 0 Å². The zero-order valence-electron chi connectivity index (χ0n) is 13.2. The second kappa shape index (κ2) is 5.81. The van der Waals surface area contributed by atoms with Gasteiger partial charge < -0.3 is 15.0 Å². The molecule has 0 fully saturated rings. The van der Waals surface area contributed by atoms with Gasteiger partial charge in [0, 0.05) is 36.1 Å². The SMILES string of the molecule is COc1ccc2c(c1)C1=NCCN1C(=CC(=O)c1cccnc1)N2. The number of amidine groups is 1. The fraction of sp³-hybridized carbons (Fsp3) is 0.167. The van der Waals surface area contributed by atoms with E-state index in [1.54, 1.807) is 37.7 Å². The van der Waals surface area contributed by atoms with E-state index in [1.165, 1.54) is 0 Å². The summed E-state index contributed by atoms with van der Waals surface area (Å²) in [6.07, 6.45) is 4.82. The van der Waals surface area contributed by atoms with Crippen molar-refractivity contribution in [1.82, 2.24) is 9.88 Å². The van der Waals surface area contributed by atoms with Gasteiger partial charge in [0.2, 0.25) is 0 Å². The van der Waals surface area contributed by atoms with Crippen LogP contribution in [-0.2, 0) is 0 Å². The third-order valence-electron chi connectivity index (χ3n) is 4.08. The lowest BCUT2D eigenvalue weighted by molar-refractivity contribution is 0.104. The molecule has 3 heterocycles. The van der Waals surface area contributed by atoms with Crippen LogP contribution in [0, 0.1) is 0 Å². The van der Waals surface area contributed by atoms with Crippen LogP contribution in [0.3, 0.4) is 0 Å². The maximum Gasteiger partial charge on any atom is 0.191 e. The molecule has 2 aliphatic rings. The Balaban J connectivity index is 1.72. The largest absolute Gasteiger partial charge is 0.497 e. The minimum Gasteiger partial charge on any atom is -0.497 e. The Bertz CT molecular complexity index is 859. The molecule has 0 amide bonds. The number of ketones is 1. The Morgan fingerprint density at radius 3 is 3.08 bits per heavy atom. The standard InChI is InChI=1S/C18H16N4O2/c1-24-13-4-5-15-14(9-13)18-20-7-8-22(18)17(21-15)10-16(23)12-3-2-6-19-11-12/h2-6,9-11,21H,7-8H2,1H3. The van der Waals surface area contributed by atoms with Gasteiger partial charge >= 0.3 is 0 Å². The molecule has 0 unspecified atom stereocenters. The lowest BCUT2D eigenvalue weighted by Gasteiger charge is -2.31. The average molecular weight is 320 g/mol. The van der Waals surface area contributed by atoms with E-state index in [9.17, 15) is 4.79 Å². The number of carbonyl (C=O) groups excluding carboxylic acids is 1. The number of methoxy groups -OCH3 is 1. The van der Waals surface area contributed by atoms with Gasteiger partial charge in [-0.2, -0.15) is 0 Å². The summed E-state index contributed by atoms with van der Waals surface area (Å²) < 4.78 is 5.30. The number of aliphatic imine (C=N–C) groups is 1. The molecule has 0 spiro atoms. The molecule has 0 radical (unpaired) electrons. The summed E-state index contributed by atoms with van der Waals surface area (Å²) in [4.78, 5) is 23.1.